The average Bonchev–Trinajstić information content (AvgIpc) is 4.26. The molecule has 0 saturated carbocycles. The van der Waals surface area contributed by atoms with E-state index in [2.05, 4.69) is 9.97 Å². The number of benzene rings is 4. The van der Waals surface area contributed by atoms with Gasteiger partial charge in [0.15, 0.2) is 12.4 Å². The van der Waals surface area contributed by atoms with Crippen molar-refractivity contribution in [1.82, 2.24) is 19.9 Å². The molecule has 0 amide bonds. The minimum absolute atomic E-state index is 0.235. The Kier molecular flexibility index (Phi) is 14.0. The van der Waals surface area contributed by atoms with E-state index in [4.69, 9.17) is 28.9 Å². The lowest BCUT2D eigenvalue weighted by atomic mass is 9.99. The fourth-order valence-electron chi connectivity index (χ4n) is 9.10. The Morgan fingerprint density at radius 3 is 1.44 bits per heavy atom. The summed E-state index contributed by atoms with van der Waals surface area (Å²) in [6.45, 7) is 0.559. The molecule has 7 aromatic rings. The average molecular weight is 973 g/mol. The zero-order valence-electron chi connectivity index (χ0n) is 38.7. The second kappa shape index (κ2) is 20.8. The first-order chi connectivity index (χ1) is 35.0. The van der Waals surface area contributed by atoms with Gasteiger partial charge in [-0.05, 0) is 102 Å². The predicted octanol–water partition coefficient (Wildman–Crippen LogP) is 6.28. The number of fused-ring (bicyclic) bond motifs is 8. The summed E-state index contributed by atoms with van der Waals surface area (Å²) >= 11 is 0. The van der Waals surface area contributed by atoms with Crippen molar-refractivity contribution in [3.8, 4) is 56.0 Å². The Balaban J connectivity index is 1.21. The normalized spacial score (nSPS) is 19.8. The molecule has 4 aromatic carbocycles. The lowest BCUT2D eigenvalue weighted by molar-refractivity contribution is -0.277. The van der Waals surface area contributed by atoms with Gasteiger partial charge in [-0.2, -0.15) is 0 Å². The van der Waals surface area contributed by atoms with Crippen LogP contribution in [0.2, 0.25) is 0 Å². The van der Waals surface area contributed by atoms with Gasteiger partial charge in [0.1, 0.15) is 35.9 Å². The van der Waals surface area contributed by atoms with Crippen LogP contribution in [0.25, 0.3) is 90.9 Å². The summed E-state index contributed by atoms with van der Waals surface area (Å²) in [7, 11) is 0. The van der Waals surface area contributed by atoms with Gasteiger partial charge in [-0.1, -0.05) is 84.9 Å². The van der Waals surface area contributed by atoms with E-state index in [0.29, 0.717) is 56.1 Å². The van der Waals surface area contributed by atoms with Crippen molar-refractivity contribution < 1.29 is 59.8 Å². The Bertz CT molecular complexity index is 3260. The van der Waals surface area contributed by atoms with Gasteiger partial charge in [-0.15, -0.1) is 0 Å². The van der Waals surface area contributed by atoms with Crippen LogP contribution in [0, 0.1) is 0 Å². The summed E-state index contributed by atoms with van der Waals surface area (Å²) in [4.78, 5) is 18.1. The van der Waals surface area contributed by atoms with Gasteiger partial charge in [0.2, 0.25) is 12.6 Å². The van der Waals surface area contributed by atoms with Gasteiger partial charge in [-0.3, -0.25) is 0 Å². The molecule has 368 valence electrons. The van der Waals surface area contributed by atoms with Gasteiger partial charge in [0.25, 0.3) is 0 Å². The largest absolute Gasteiger partial charge is 0.462 e. The Morgan fingerprint density at radius 1 is 0.542 bits per heavy atom. The van der Waals surface area contributed by atoms with Crippen molar-refractivity contribution in [3.05, 3.63) is 156 Å². The summed E-state index contributed by atoms with van der Waals surface area (Å²) in [6, 6.07) is 41.9. The molecule has 3 aliphatic rings. The quantitative estimate of drug-likeness (QED) is 0.0539. The molecule has 1 saturated heterocycles. The lowest BCUT2D eigenvalue weighted by Crippen LogP contribution is -2.60. The van der Waals surface area contributed by atoms with Crippen LogP contribution < -0.4 is 9.47 Å². The number of nitrogens with zero attached hydrogens (tertiary/aromatic N) is 2. The molecule has 16 nitrogen and oxygen atoms in total. The highest BCUT2D eigenvalue weighted by Crippen LogP contribution is 2.40. The second-order valence-electron chi connectivity index (χ2n) is 17.6. The van der Waals surface area contributed by atoms with Crippen LogP contribution in [0.3, 0.4) is 0 Å². The van der Waals surface area contributed by atoms with E-state index in [1.54, 1.807) is 43.3 Å². The van der Waals surface area contributed by atoms with Crippen LogP contribution in [-0.2, 0) is 9.47 Å². The summed E-state index contributed by atoms with van der Waals surface area (Å²) < 4.78 is 23.6. The van der Waals surface area contributed by atoms with Crippen molar-refractivity contribution in [2.75, 3.05) is 13.2 Å². The molecular weight excluding hydrogens is 921 g/mol. The minimum atomic E-state index is -2.19. The molecule has 0 spiro atoms. The molecule has 10 N–H and O–H groups in total. The van der Waals surface area contributed by atoms with E-state index in [-0.39, 0.29) is 11.5 Å². The smallest absolute Gasteiger partial charge is 0.231 e. The third-order valence-electron chi connectivity index (χ3n) is 12.7. The topological polar surface area (TPSA) is 256 Å². The van der Waals surface area contributed by atoms with Crippen molar-refractivity contribution in [3.63, 3.8) is 0 Å². The molecular formula is C56H52N4O12. The van der Waals surface area contributed by atoms with E-state index in [0.717, 1.165) is 33.3 Å². The van der Waals surface area contributed by atoms with Gasteiger partial charge in [0, 0.05) is 44.3 Å². The minimum Gasteiger partial charge on any atom is -0.462 e. The highest BCUT2D eigenvalue weighted by atomic mass is 16.7. The standard InChI is InChI=1S/C56H52N4O12/c1-30(28-61)69-56(53(66)54(67)68)71-36-17-9-15-34(27-36)49-43-24-20-39(59-43)46(31-10-4-2-5-11-31)37-18-22-41(57-37)48(33-14-8-16-35(26-33)70-55-52(65)51(64)50(63)45(29-62)72-55)42-23-19-38(58-42)47(32-12-6-3-7-13-32)40-21-25-44(49)60-40/h2-27,30,45,50-57,60-68H,28-29H2,1H3. The number of ether oxygens (including phenoxy) is 4. The van der Waals surface area contributed by atoms with Gasteiger partial charge in [-0.25, -0.2) is 9.97 Å². The second-order valence-corrected chi connectivity index (χ2v) is 17.6. The first-order valence-electron chi connectivity index (χ1n) is 23.4. The summed E-state index contributed by atoms with van der Waals surface area (Å²) in [5, 5.41) is 81.8. The maximum atomic E-state index is 10.9. The lowest BCUT2D eigenvalue weighted by Gasteiger charge is -2.39. The highest BCUT2D eigenvalue weighted by molar-refractivity contribution is 6.00. The van der Waals surface area contributed by atoms with Crippen LogP contribution in [0.15, 0.2) is 133 Å². The number of aliphatic hydroxyl groups is 8. The third kappa shape index (κ3) is 9.71. The zero-order chi connectivity index (χ0) is 50.0. The molecule has 8 unspecified atom stereocenters. The zero-order valence-corrected chi connectivity index (χ0v) is 38.7. The van der Waals surface area contributed by atoms with Crippen LogP contribution in [0.5, 0.6) is 11.5 Å². The van der Waals surface area contributed by atoms with Gasteiger partial charge >= 0.3 is 0 Å². The third-order valence-corrected chi connectivity index (χ3v) is 12.7. The van der Waals surface area contributed by atoms with E-state index in [1.807, 2.05) is 121 Å². The molecule has 0 aliphatic carbocycles. The maximum absolute atomic E-state index is 10.9. The number of nitrogens with one attached hydrogen (secondary N) is 2. The number of hydrogen-bond acceptors (Lipinski definition) is 14. The summed E-state index contributed by atoms with van der Waals surface area (Å²) in [6.07, 6.45) is -5.92. The SMILES string of the molecule is CC(CO)OC(Oc1cccc(-c2c3nc(c(-c4ccccc4)c4ccc([nH]4)c(-c4cccc(OC5OC(CO)C(O)C(O)C5O)c4)c4nc(c(-c5ccccc5)c5ccc2[nH]5)C=C4)C=C3)c1)C(O)C(O)O. The molecule has 8 bridgehead atoms. The van der Waals surface area contributed by atoms with Gasteiger partial charge in [0.05, 0.1) is 42.1 Å². The maximum Gasteiger partial charge on any atom is 0.231 e. The van der Waals surface area contributed by atoms with Crippen LogP contribution >= 0.6 is 0 Å². The van der Waals surface area contributed by atoms with E-state index >= 15 is 0 Å². The molecule has 3 aliphatic heterocycles. The number of H-pyrrole nitrogens is 2. The monoisotopic (exact) mass is 972 g/mol. The van der Waals surface area contributed by atoms with Crippen molar-refractivity contribution in [1.29, 1.82) is 0 Å². The van der Waals surface area contributed by atoms with Crippen LogP contribution in [0.4, 0.5) is 0 Å². The Labute approximate surface area is 412 Å². The molecule has 3 aromatic heterocycles. The predicted molar refractivity (Wildman–Crippen MR) is 271 cm³/mol. The molecule has 8 atom stereocenters. The number of aliphatic hydroxyl groups excluding tert-OH is 7. The fraction of sp³-hybridized carbons (Fsp3) is 0.214. The number of aromatic amines is 2. The van der Waals surface area contributed by atoms with E-state index in [1.165, 1.54) is 0 Å². The van der Waals surface area contributed by atoms with Crippen molar-refractivity contribution in [2.24, 2.45) is 0 Å². The molecule has 1 fully saturated rings. The number of hydrogen-bond donors (Lipinski definition) is 10. The number of rotatable bonds is 14. The Hall–Kier alpha value is -7.32. The first-order valence-corrected chi connectivity index (χ1v) is 23.4. The summed E-state index contributed by atoms with van der Waals surface area (Å²) in [5.74, 6) is 0.518. The highest BCUT2D eigenvalue weighted by Gasteiger charge is 2.44. The first kappa shape index (κ1) is 48.3. The molecule has 72 heavy (non-hydrogen) atoms. The van der Waals surface area contributed by atoms with E-state index in [9.17, 15) is 40.9 Å². The van der Waals surface area contributed by atoms with Crippen molar-refractivity contribution in [2.45, 2.75) is 62.4 Å². The molecule has 10 rings (SSSR count). The Morgan fingerprint density at radius 2 is 0.986 bits per heavy atom. The van der Waals surface area contributed by atoms with E-state index < -0.39 is 68.7 Å². The van der Waals surface area contributed by atoms with Crippen LogP contribution in [0.1, 0.15) is 29.7 Å². The molecule has 0 radical (unpaired) electrons. The summed E-state index contributed by atoms with van der Waals surface area (Å²) in [5.41, 5.74) is 11.5. The number of aromatic nitrogens is 4. The fourth-order valence-corrected chi connectivity index (χ4v) is 9.10. The molecule has 6 heterocycles. The van der Waals surface area contributed by atoms with Crippen LogP contribution in [-0.4, -0.2) is 129 Å². The molecule has 16 heteroatoms. The van der Waals surface area contributed by atoms with Crippen molar-refractivity contribution >= 4 is 46.4 Å². The van der Waals surface area contributed by atoms with Gasteiger partial charge < -0.3 is 69.8 Å².